The number of ether oxygens (including phenoxy) is 2. The number of rotatable bonds is 3. The molecule has 1 aliphatic rings. The number of carbonyl (C=O) groups is 1. The molecule has 0 radical (unpaired) electrons. The molecule has 0 bridgehead atoms. The molecule has 0 heterocycles. The fourth-order valence-electron chi connectivity index (χ4n) is 1.98. The molecule has 0 aliphatic heterocycles. The van der Waals surface area contributed by atoms with Gasteiger partial charge in [0.15, 0.2) is 16.0 Å². The first-order valence-electron chi connectivity index (χ1n) is 5.74. The number of carbonyl (C=O) groups excluding carboxylic acids is 1. The van der Waals surface area contributed by atoms with E-state index in [1.54, 1.807) is 6.07 Å². The van der Waals surface area contributed by atoms with Crippen LogP contribution in [0.2, 0.25) is 0 Å². The van der Waals surface area contributed by atoms with E-state index >= 15 is 0 Å². The molecule has 0 saturated heterocycles. The predicted octanol–water partition coefficient (Wildman–Crippen LogP) is 3.66. The number of hydrogen-bond donors (Lipinski definition) is 0. The van der Waals surface area contributed by atoms with Crippen LogP contribution >= 0.6 is 15.9 Å². The van der Waals surface area contributed by atoms with Crippen molar-refractivity contribution < 1.29 is 14.3 Å². The monoisotopic (exact) mass is 298 g/mol. The van der Waals surface area contributed by atoms with Crippen LogP contribution in [-0.4, -0.2) is 10.5 Å². The Balaban J connectivity index is 2.17. The van der Waals surface area contributed by atoms with Gasteiger partial charge in [-0.15, -0.1) is 0 Å². The van der Waals surface area contributed by atoms with Gasteiger partial charge in [-0.25, -0.2) is 0 Å². The van der Waals surface area contributed by atoms with E-state index < -0.39 is 0 Å². The second kappa shape index (κ2) is 5.08. The van der Waals surface area contributed by atoms with Crippen LogP contribution in [-0.2, 0) is 4.79 Å². The number of hydrogen-bond acceptors (Lipinski definition) is 3. The third kappa shape index (κ3) is 3.22. The normalized spacial score (nSPS) is 17.8. The smallest absolute Gasteiger partial charge is 0.308 e. The summed E-state index contributed by atoms with van der Waals surface area (Å²) in [7, 11) is 0. The summed E-state index contributed by atoms with van der Waals surface area (Å²) < 4.78 is 10.7. The number of halogens is 1. The molecular weight excluding hydrogens is 284 g/mol. The Labute approximate surface area is 109 Å². The maximum atomic E-state index is 11.0. The van der Waals surface area contributed by atoms with Crippen molar-refractivity contribution in [3.63, 3.8) is 0 Å². The lowest BCUT2D eigenvalue weighted by Gasteiger charge is -2.24. The van der Waals surface area contributed by atoms with Crippen LogP contribution in [0.4, 0.5) is 0 Å². The van der Waals surface area contributed by atoms with E-state index in [2.05, 4.69) is 15.9 Å². The van der Waals surface area contributed by atoms with Gasteiger partial charge in [-0.05, 0) is 53.7 Å². The third-order valence-electron chi connectivity index (χ3n) is 2.75. The fourth-order valence-corrected chi connectivity index (χ4v) is 2.71. The highest BCUT2D eigenvalue weighted by atomic mass is 79.9. The van der Waals surface area contributed by atoms with Gasteiger partial charge in [0.1, 0.15) is 0 Å². The van der Waals surface area contributed by atoms with Gasteiger partial charge < -0.3 is 9.47 Å². The first-order valence-corrected chi connectivity index (χ1v) is 6.54. The zero-order chi connectivity index (χ0) is 12.3. The first kappa shape index (κ1) is 12.4. The van der Waals surface area contributed by atoms with Gasteiger partial charge in [0, 0.05) is 6.92 Å². The van der Waals surface area contributed by atoms with Crippen LogP contribution in [0.1, 0.15) is 32.6 Å². The number of alkyl halides is 1. The maximum Gasteiger partial charge on any atom is 0.308 e. The minimum absolute atomic E-state index is 0.302. The lowest BCUT2D eigenvalue weighted by molar-refractivity contribution is -0.132. The summed E-state index contributed by atoms with van der Waals surface area (Å²) in [6.07, 6.45) is 4.25. The van der Waals surface area contributed by atoms with Crippen molar-refractivity contribution in [1.82, 2.24) is 0 Å². The highest BCUT2D eigenvalue weighted by Crippen LogP contribution is 2.41. The van der Waals surface area contributed by atoms with Gasteiger partial charge in [0.25, 0.3) is 0 Å². The molecule has 1 aromatic carbocycles. The van der Waals surface area contributed by atoms with Crippen molar-refractivity contribution in [1.29, 1.82) is 0 Å². The molecule has 1 aromatic rings. The Morgan fingerprint density at radius 2 is 1.82 bits per heavy atom. The molecule has 0 atom stereocenters. The minimum Gasteiger partial charge on any atom is -0.472 e. The minimum atomic E-state index is -0.337. The average molecular weight is 299 g/mol. The van der Waals surface area contributed by atoms with Crippen molar-refractivity contribution in [2.45, 2.75) is 37.1 Å². The Hall–Kier alpha value is -1.03. The van der Waals surface area contributed by atoms with Gasteiger partial charge in [0.05, 0.1) is 0 Å². The van der Waals surface area contributed by atoms with Crippen molar-refractivity contribution in [3.05, 3.63) is 24.3 Å². The summed E-state index contributed by atoms with van der Waals surface area (Å²) >= 11 is 3.62. The quantitative estimate of drug-likeness (QED) is 0.485. The van der Waals surface area contributed by atoms with Crippen LogP contribution in [0, 0.1) is 0 Å². The summed E-state index contributed by atoms with van der Waals surface area (Å²) in [6.45, 7) is 1.39. The van der Waals surface area contributed by atoms with Gasteiger partial charge in [-0.1, -0.05) is 12.1 Å². The number of esters is 1. The van der Waals surface area contributed by atoms with Gasteiger partial charge in [-0.2, -0.15) is 0 Å². The fraction of sp³-hybridized carbons (Fsp3) is 0.462. The highest BCUT2D eigenvalue weighted by Gasteiger charge is 2.33. The van der Waals surface area contributed by atoms with Crippen LogP contribution in [0.5, 0.6) is 11.5 Å². The molecule has 0 spiro atoms. The van der Waals surface area contributed by atoms with E-state index in [0.717, 1.165) is 25.7 Å². The SMILES string of the molecule is CC(=O)Oc1ccccc1OC1(Br)CCCC1. The second-order valence-corrected chi connectivity index (χ2v) is 5.68. The lowest BCUT2D eigenvalue weighted by atomic mass is 10.3. The Morgan fingerprint density at radius 3 is 2.41 bits per heavy atom. The van der Waals surface area contributed by atoms with Crippen molar-refractivity contribution in [2.24, 2.45) is 0 Å². The molecule has 0 unspecified atom stereocenters. The van der Waals surface area contributed by atoms with E-state index in [9.17, 15) is 4.79 Å². The van der Waals surface area contributed by atoms with E-state index in [4.69, 9.17) is 9.47 Å². The lowest BCUT2D eigenvalue weighted by Crippen LogP contribution is -2.24. The van der Waals surface area contributed by atoms with Gasteiger partial charge in [0.2, 0.25) is 0 Å². The molecule has 0 amide bonds. The third-order valence-corrected chi connectivity index (χ3v) is 3.70. The van der Waals surface area contributed by atoms with Crippen LogP contribution in [0.25, 0.3) is 0 Å². The first-order chi connectivity index (χ1) is 8.09. The van der Waals surface area contributed by atoms with E-state index in [0.29, 0.717) is 11.5 Å². The van der Waals surface area contributed by atoms with Crippen LogP contribution in [0.15, 0.2) is 24.3 Å². The molecule has 17 heavy (non-hydrogen) atoms. The maximum absolute atomic E-state index is 11.0. The summed E-state index contributed by atoms with van der Waals surface area (Å²) in [5.74, 6) is 0.753. The second-order valence-electron chi connectivity index (χ2n) is 4.23. The Morgan fingerprint density at radius 1 is 1.24 bits per heavy atom. The molecule has 1 saturated carbocycles. The van der Waals surface area contributed by atoms with E-state index in [1.165, 1.54) is 6.92 Å². The summed E-state index contributed by atoms with van der Waals surface area (Å²) in [5, 5.41) is 0. The zero-order valence-electron chi connectivity index (χ0n) is 9.74. The van der Waals surface area contributed by atoms with Crippen molar-refractivity contribution in [2.75, 3.05) is 0 Å². The standard InChI is InChI=1S/C13H15BrO3/c1-10(15)16-11-6-2-3-7-12(11)17-13(14)8-4-5-9-13/h2-3,6-7H,4-5,8-9H2,1H3. The molecule has 92 valence electrons. The Kier molecular flexibility index (Phi) is 3.72. The molecule has 4 heteroatoms. The average Bonchev–Trinajstić information content (AvgIpc) is 2.67. The number of para-hydroxylation sites is 2. The van der Waals surface area contributed by atoms with Crippen molar-refractivity contribution >= 4 is 21.9 Å². The molecule has 2 rings (SSSR count). The highest BCUT2D eigenvalue weighted by molar-refractivity contribution is 9.10. The Bertz CT molecular complexity index is 411. The van der Waals surface area contributed by atoms with E-state index in [-0.39, 0.29) is 10.5 Å². The molecule has 0 aromatic heterocycles. The van der Waals surface area contributed by atoms with E-state index in [1.807, 2.05) is 18.2 Å². The molecule has 1 aliphatic carbocycles. The summed E-state index contributed by atoms with van der Waals surface area (Å²) in [5.41, 5.74) is 0. The topological polar surface area (TPSA) is 35.5 Å². The van der Waals surface area contributed by atoms with Gasteiger partial charge in [-0.3, -0.25) is 4.79 Å². The van der Waals surface area contributed by atoms with Gasteiger partial charge >= 0.3 is 5.97 Å². The molecule has 0 N–H and O–H groups in total. The summed E-state index contributed by atoms with van der Waals surface area (Å²) in [6, 6.07) is 7.25. The van der Waals surface area contributed by atoms with Crippen molar-refractivity contribution in [3.8, 4) is 11.5 Å². The van der Waals surface area contributed by atoms with Crippen LogP contribution < -0.4 is 9.47 Å². The number of benzene rings is 1. The summed E-state index contributed by atoms with van der Waals surface area (Å²) in [4.78, 5) is 11.0. The predicted molar refractivity (Wildman–Crippen MR) is 68.5 cm³/mol. The molecule has 3 nitrogen and oxygen atoms in total. The molecule has 1 fully saturated rings. The largest absolute Gasteiger partial charge is 0.472 e. The van der Waals surface area contributed by atoms with Crippen LogP contribution in [0.3, 0.4) is 0 Å². The molecular formula is C13H15BrO3. The zero-order valence-corrected chi connectivity index (χ0v) is 11.3.